The van der Waals surface area contributed by atoms with Gasteiger partial charge >= 0.3 is 0 Å². The van der Waals surface area contributed by atoms with Crippen molar-refractivity contribution in [2.24, 2.45) is 5.73 Å². The second-order valence-corrected chi connectivity index (χ2v) is 4.35. The maximum Gasteiger partial charge on any atom is 0.268 e. The summed E-state index contributed by atoms with van der Waals surface area (Å²) >= 11 is 0. The van der Waals surface area contributed by atoms with Crippen molar-refractivity contribution in [3.8, 4) is 0 Å². The summed E-state index contributed by atoms with van der Waals surface area (Å²) in [6.45, 7) is 2.52. The second-order valence-electron chi connectivity index (χ2n) is 4.35. The molecule has 1 atom stereocenters. The molecule has 2 rings (SSSR count). The Labute approximate surface area is 95.8 Å². The van der Waals surface area contributed by atoms with Gasteiger partial charge in [-0.1, -0.05) is 6.92 Å². The van der Waals surface area contributed by atoms with E-state index in [2.05, 4.69) is 9.88 Å². The quantitative estimate of drug-likeness (QED) is 0.787. The minimum atomic E-state index is -0.00537. The van der Waals surface area contributed by atoms with E-state index in [1.807, 2.05) is 25.3 Å². The van der Waals surface area contributed by atoms with Crippen LogP contribution in [0.25, 0.3) is 0 Å². The van der Waals surface area contributed by atoms with E-state index in [0.717, 1.165) is 12.1 Å². The minimum Gasteiger partial charge on any atom is -0.347 e. The van der Waals surface area contributed by atoms with Crippen LogP contribution in [0.1, 0.15) is 42.7 Å². The third-order valence-corrected chi connectivity index (χ3v) is 3.06. The Morgan fingerprint density at radius 2 is 2.44 bits per heavy atom. The van der Waals surface area contributed by atoms with E-state index in [9.17, 15) is 4.79 Å². The molecule has 0 aromatic carbocycles. The Balaban J connectivity index is 2.05. The molecular formula is C12H19N3O. The van der Waals surface area contributed by atoms with Gasteiger partial charge in [-0.3, -0.25) is 4.79 Å². The van der Waals surface area contributed by atoms with E-state index in [1.165, 1.54) is 12.8 Å². The summed E-state index contributed by atoms with van der Waals surface area (Å²) in [4.78, 5) is 12.0. The Morgan fingerprint density at radius 1 is 1.69 bits per heavy atom. The lowest BCUT2D eigenvalue weighted by Gasteiger charge is -2.15. The number of rotatable bonds is 5. The number of carbonyl (C=O) groups excluding carboxylic acids is 1. The van der Waals surface area contributed by atoms with Crippen molar-refractivity contribution in [3.63, 3.8) is 0 Å². The molecule has 3 N–H and O–H groups in total. The summed E-state index contributed by atoms with van der Waals surface area (Å²) in [5.41, 5.74) is 6.33. The van der Waals surface area contributed by atoms with Crippen molar-refractivity contribution >= 4 is 5.91 Å². The molecule has 1 heterocycles. The van der Waals surface area contributed by atoms with Crippen molar-refractivity contribution in [3.05, 3.63) is 24.0 Å². The normalized spacial score (nSPS) is 17.1. The van der Waals surface area contributed by atoms with E-state index >= 15 is 0 Å². The van der Waals surface area contributed by atoms with E-state index in [4.69, 9.17) is 5.73 Å². The summed E-state index contributed by atoms with van der Waals surface area (Å²) < 4.78 is 2.07. The molecule has 0 spiro atoms. The molecular weight excluding hydrogens is 202 g/mol. The molecule has 0 radical (unpaired) electrons. The maximum absolute atomic E-state index is 12.0. The van der Waals surface area contributed by atoms with Crippen LogP contribution in [-0.4, -0.2) is 23.1 Å². The van der Waals surface area contributed by atoms with Gasteiger partial charge in [0.25, 0.3) is 5.91 Å². The van der Waals surface area contributed by atoms with Gasteiger partial charge in [0.05, 0.1) is 0 Å². The van der Waals surface area contributed by atoms with Gasteiger partial charge in [0.15, 0.2) is 0 Å². The molecule has 4 nitrogen and oxygen atoms in total. The SMILES string of the molecule is CCC(CN)NC(=O)c1cccn1C1CC1. The van der Waals surface area contributed by atoms with Gasteiger partial charge in [0.1, 0.15) is 5.69 Å². The Kier molecular flexibility index (Phi) is 3.29. The average Bonchev–Trinajstić information content (AvgIpc) is 3.03. The molecule has 0 saturated heterocycles. The molecule has 1 aromatic rings. The number of nitrogens with zero attached hydrogens (tertiary/aromatic N) is 1. The molecule has 1 fully saturated rings. The number of nitrogens with one attached hydrogen (secondary N) is 1. The van der Waals surface area contributed by atoms with Gasteiger partial charge in [-0.15, -0.1) is 0 Å². The third kappa shape index (κ3) is 2.27. The van der Waals surface area contributed by atoms with Crippen LogP contribution in [0.2, 0.25) is 0 Å². The molecule has 0 bridgehead atoms. The lowest BCUT2D eigenvalue weighted by Crippen LogP contribution is -2.40. The summed E-state index contributed by atoms with van der Waals surface area (Å²) in [7, 11) is 0. The Bertz CT molecular complexity index is 364. The van der Waals surface area contributed by atoms with Gasteiger partial charge in [-0.25, -0.2) is 0 Å². The highest BCUT2D eigenvalue weighted by Gasteiger charge is 2.26. The number of aromatic nitrogens is 1. The Morgan fingerprint density at radius 3 is 3.00 bits per heavy atom. The summed E-state index contributed by atoms with van der Waals surface area (Å²) in [5.74, 6) is -0.00537. The first kappa shape index (κ1) is 11.2. The highest BCUT2D eigenvalue weighted by molar-refractivity contribution is 5.93. The molecule has 1 aliphatic rings. The van der Waals surface area contributed by atoms with Gasteiger partial charge in [0.2, 0.25) is 0 Å². The van der Waals surface area contributed by atoms with E-state index in [1.54, 1.807) is 0 Å². The lowest BCUT2D eigenvalue weighted by molar-refractivity contribution is 0.0927. The first-order chi connectivity index (χ1) is 7.76. The number of amides is 1. The molecule has 1 saturated carbocycles. The maximum atomic E-state index is 12.0. The standard InChI is InChI=1S/C12H19N3O/c1-2-9(8-13)14-12(16)11-4-3-7-15(11)10-5-6-10/h3-4,7,9-10H,2,5-6,8,13H2,1H3,(H,14,16). The van der Waals surface area contributed by atoms with Crippen molar-refractivity contribution in [1.82, 2.24) is 9.88 Å². The molecule has 1 aliphatic carbocycles. The molecule has 88 valence electrons. The van der Waals surface area contributed by atoms with Crippen LogP contribution >= 0.6 is 0 Å². The first-order valence-electron chi connectivity index (χ1n) is 5.94. The monoisotopic (exact) mass is 221 g/mol. The topological polar surface area (TPSA) is 60.0 Å². The van der Waals surface area contributed by atoms with Crippen molar-refractivity contribution < 1.29 is 4.79 Å². The molecule has 0 aliphatic heterocycles. The van der Waals surface area contributed by atoms with E-state index in [-0.39, 0.29) is 11.9 Å². The highest BCUT2D eigenvalue weighted by Crippen LogP contribution is 2.35. The van der Waals surface area contributed by atoms with Gasteiger partial charge in [-0.2, -0.15) is 0 Å². The number of hydrogen-bond acceptors (Lipinski definition) is 2. The predicted octanol–water partition coefficient (Wildman–Crippen LogP) is 1.29. The first-order valence-corrected chi connectivity index (χ1v) is 5.94. The predicted molar refractivity (Wildman–Crippen MR) is 63.3 cm³/mol. The lowest BCUT2D eigenvalue weighted by atomic mass is 10.2. The fourth-order valence-electron chi connectivity index (χ4n) is 1.84. The molecule has 16 heavy (non-hydrogen) atoms. The number of hydrogen-bond donors (Lipinski definition) is 2. The fraction of sp³-hybridized carbons (Fsp3) is 0.583. The zero-order valence-corrected chi connectivity index (χ0v) is 9.65. The van der Waals surface area contributed by atoms with E-state index in [0.29, 0.717) is 12.6 Å². The van der Waals surface area contributed by atoms with Crippen LogP contribution in [0, 0.1) is 0 Å². The van der Waals surface area contributed by atoms with Crippen LogP contribution in [0.3, 0.4) is 0 Å². The molecule has 1 aromatic heterocycles. The van der Waals surface area contributed by atoms with E-state index < -0.39 is 0 Å². The number of nitrogens with two attached hydrogens (primary N) is 1. The summed E-state index contributed by atoms with van der Waals surface area (Å²) in [5, 5.41) is 2.96. The second kappa shape index (κ2) is 4.70. The van der Waals surface area contributed by atoms with Crippen molar-refractivity contribution in [2.75, 3.05) is 6.54 Å². The fourth-order valence-corrected chi connectivity index (χ4v) is 1.84. The smallest absolute Gasteiger partial charge is 0.268 e. The minimum absolute atomic E-state index is 0.00537. The largest absolute Gasteiger partial charge is 0.347 e. The third-order valence-electron chi connectivity index (χ3n) is 3.06. The molecule has 1 amide bonds. The van der Waals surface area contributed by atoms with Crippen LogP contribution < -0.4 is 11.1 Å². The molecule has 4 heteroatoms. The summed E-state index contributed by atoms with van der Waals surface area (Å²) in [6, 6.07) is 4.41. The van der Waals surface area contributed by atoms with Crippen molar-refractivity contribution in [2.45, 2.75) is 38.3 Å². The number of carbonyl (C=O) groups is 1. The van der Waals surface area contributed by atoms with Gasteiger partial charge in [0, 0.05) is 24.8 Å². The van der Waals surface area contributed by atoms with Gasteiger partial charge in [-0.05, 0) is 31.4 Å². The average molecular weight is 221 g/mol. The van der Waals surface area contributed by atoms with Crippen LogP contribution in [-0.2, 0) is 0 Å². The van der Waals surface area contributed by atoms with Crippen molar-refractivity contribution in [1.29, 1.82) is 0 Å². The van der Waals surface area contributed by atoms with Crippen LogP contribution in [0.5, 0.6) is 0 Å². The highest BCUT2D eigenvalue weighted by atomic mass is 16.2. The van der Waals surface area contributed by atoms with Gasteiger partial charge < -0.3 is 15.6 Å². The van der Waals surface area contributed by atoms with Crippen LogP contribution in [0.4, 0.5) is 0 Å². The molecule has 1 unspecified atom stereocenters. The van der Waals surface area contributed by atoms with Crippen LogP contribution in [0.15, 0.2) is 18.3 Å². The zero-order valence-electron chi connectivity index (χ0n) is 9.65. The Hall–Kier alpha value is -1.29. The zero-order chi connectivity index (χ0) is 11.5. The summed E-state index contributed by atoms with van der Waals surface area (Å²) in [6.07, 6.45) is 5.22.